The Hall–Kier alpha value is -0.130. The van der Waals surface area contributed by atoms with E-state index in [2.05, 4.69) is 15.9 Å². The van der Waals surface area contributed by atoms with Crippen LogP contribution in [0.25, 0.3) is 0 Å². The second-order valence-corrected chi connectivity index (χ2v) is 3.50. The molecular weight excluding hydrogens is 226 g/mol. The van der Waals surface area contributed by atoms with E-state index in [9.17, 15) is 9.90 Å². The zero-order chi connectivity index (χ0) is 9.14. The van der Waals surface area contributed by atoms with Gasteiger partial charge in [0.05, 0.1) is 18.0 Å². The molecule has 5 heteroatoms. The van der Waals surface area contributed by atoms with Crippen molar-refractivity contribution in [1.82, 2.24) is 4.90 Å². The Bertz CT molecular complexity index is 176. The van der Waals surface area contributed by atoms with Crippen LogP contribution < -0.4 is 0 Å². The fraction of sp³-hybridized carbons (Fsp3) is 0.857. The van der Waals surface area contributed by atoms with Crippen LogP contribution in [-0.2, 0) is 4.79 Å². The average Bonchev–Trinajstić information content (AvgIpc) is 2.45. The lowest BCUT2D eigenvalue weighted by atomic mass is 10.1. The molecule has 1 aliphatic heterocycles. The summed E-state index contributed by atoms with van der Waals surface area (Å²) in [6.45, 7) is 0.741. The summed E-state index contributed by atoms with van der Waals surface area (Å²) in [6.07, 6.45) is -0.571. The standard InChI is InChI=1S/C7H12BrNO3/c8-1-7(12)9-2-5(4-10)6(11)3-9/h5-6,10-11H,1-4H2. The number of nitrogens with zero attached hydrogens (tertiary/aromatic N) is 1. The maximum atomic E-state index is 11.1. The van der Waals surface area contributed by atoms with Crippen LogP contribution in [0.4, 0.5) is 0 Å². The van der Waals surface area contributed by atoms with Crippen molar-refractivity contribution >= 4 is 21.8 Å². The van der Waals surface area contributed by atoms with E-state index in [1.807, 2.05) is 0 Å². The van der Waals surface area contributed by atoms with Gasteiger partial charge in [0, 0.05) is 19.0 Å². The second kappa shape index (κ2) is 4.20. The fourth-order valence-corrected chi connectivity index (χ4v) is 1.68. The van der Waals surface area contributed by atoms with Gasteiger partial charge in [-0.05, 0) is 0 Å². The van der Waals surface area contributed by atoms with Crippen molar-refractivity contribution in [3.05, 3.63) is 0 Å². The van der Waals surface area contributed by atoms with Crippen LogP contribution in [0.15, 0.2) is 0 Å². The highest BCUT2D eigenvalue weighted by molar-refractivity contribution is 9.09. The summed E-state index contributed by atoms with van der Waals surface area (Å²) in [5, 5.41) is 18.4. The number of likely N-dealkylation sites (tertiary alicyclic amines) is 1. The average molecular weight is 238 g/mol. The summed E-state index contributed by atoms with van der Waals surface area (Å²) >= 11 is 3.05. The van der Waals surface area contributed by atoms with Crippen molar-refractivity contribution in [3.63, 3.8) is 0 Å². The van der Waals surface area contributed by atoms with Crippen molar-refractivity contribution in [1.29, 1.82) is 0 Å². The minimum atomic E-state index is -0.571. The first-order valence-electron chi connectivity index (χ1n) is 3.81. The van der Waals surface area contributed by atoms with Crippen LogP contribution >= 0.6 is 15.9 Å². The molecule has 0 saturated carbocycles. The van der Waals surface area contributed by atoms with E-state index in [-0.39, 0.29) is 23.8 Å². The van der Waals surface area contributed by atoms with Crippen molar-refractivity contribution in [2.45, 2.75) is 6.10 Å². The molecular formula is C7H12BrNO3. The summed E-state index contributed by atoms with van der Waals surface area (Å²) in [5.41, 5.74) is 0. The van der Waals surface area contributed by atoms with Gasteiger partial charge in [0.15, 0.2) is 0 Å². The van der Waals surface area contributed by atoms with Gasteiger partial charge >= 0.3 is 0 Å². The second-order valence-electron chi connectivity index (χ2n) is 2.94. The number of β-amino-alcohol motifs (C(OH)–C–C–N with tert-alkyl or cyclic N) is 1. The van der Waals surface area contributed by atoms with Crippen molar-refractivity contribution < 1.29 is 15.0 Å². The molecule has 0 radical (unpaired) electrons. The predicted molar refractivity (Wildman–Crippen MR) is 47.0 cm³/mol. The molecule has 0 bridgehead atoms. The van der Waals surface area contributed by atoms with Gasteiger partial charge in [-0.1, -0.05) is 15.9 Å². The highest BCUT2D eigenvalue weighted by atomic mass is 79.9. The quantitative estimate of drug-likeness (QED) is 0.619. The molecule has 12 heavy (non-hydrogen) atoms. The van der Waals surface area contributed by atoms with Crippen LogP contribution in [0.5, 0.6) is 0 Å². The summed E-state index contributed by atoms with van der Waals surface area (Å²) < 4.78 is 0. The molecule has 4 nitrogen and oxygen atoms in total. The molecule has 70 valence electrons. The lowest BCUT2D eigenvalue weighted by molar-refractivity contribution is -0.127. The van der Waals surface area contributed by atoms with Crippen LogP contribution in [0.3, 0.4) is 0 Å². The molecule has 0 aliphatic carbocycles. The van der Waals surface area contributed by atoms with Gasteiger partial charge < -0.3 is 15.1 Å². The molecule has 1 saturated heterocycles. The molecule has 1 rings (SSSR count). The molecule has 1 heterocycles. The third-order valence-corrected chi connectivity index (χ3v) is 2.59. The molecule has 0 aromatic rings. The van der Waals surface area contributed by atoms with Crippen molar-refractivity contribution in [2.75, 3.05) is 25.0 Å². The maximum absolute atomic E-state index is 11.1. The van der Waals surface area contributed by atoms with Crippen LogP contribution in [-0.4, -0.2) is 52.2 Å². The fourth-order valence-electron chi connectivity index (χ4n) is 1.32. The molecule has 2 atom stereocenters. The minimum Gasteiger partial charge on any atom is -0.396 e. The normalized spacial score (nSPS) is 29.4. The van der Waals surface area contributed by atoms with E-state index in [0.717, 1.165) is 0 Å². The van der Waals surface area contributed by atoms with E-state index in [0.29, 0.717) is 13.1 Å². The Kier molecular flexibility index (Phi) is 3.49. The number of amides is 1. The summed E-state index contributed by atoms with van der Waals surface area (Å²) in [4.78, 5) is 12.7. The number of alkyl halides is 1. The maximum Gasteiger partial charge on any atom is 0.233 e. The molecule has 0 aromatic carbocycles. The molecule has 1 fully saturated rings. The Morgan fingerprint density at radius 2 is 2.25 bits per heavy atom. The zero-order valence-electron chi connectivity index (χ0n) is 6.61. The number of hydrogen-bond donors (Lipinski definition) is 2. The van der Waals surface area contributed by atoms with Gasteiger partial charge in [0.2, 0.25) is 5.91 Å². The van der Waals surface area contributed by atoms with Gasteiger partial charge in [-0.3, -0.25) is 4.79 Å². The Morgan fingerprint density at radius 1 is 1.58 bits per heavy atom. The smallest absolute Gasteiger partial charge is 0.233 e. The van der Waals surface area contributed by atoms with E-state index in [1.165, 1.54) is 0 Å². The van der Waals surface area contributed by atoms with E-state index < -0.39 is 6.10 Å². The summed E-state index contributed by atoms with van der Waals surface area (Å²) in [7, 11) is 0. The lowest BCUT2D eigenvalue weighted by Crippen LogP contribution is -2.30. The SMILES string of the molecule is O=C(CBr)N1CC(O)C(CO)C1. The summed E-state index contributed by atoms with van der Waals surface area (Å²) in [6, 6.07) is 0. The van der Waals surface area contributed by atoms with Gasteiger partial charge in [0.25, 0.3) is 0 Å². The van der Waals surface area contributed by atoms with E-state index in [1.54, 1.807) is 4.90 Å². The molecule has 2 unspecified atom stereocenters. The molecule has 1 amide bonds. The van der Waals surface area contributed by atoms with Crippen molar-refractivity contribution in [2.24, 2.45) is 5.92 Å². The Morgan fingerprint density at radius 3 is 2.67 bits per heavy atom. The van der Waals surface area contributed by atoms with Crippen molar-refractivity contribution in [3.8, 4) is 0 Å². The highest BCUT2D eigenvalue weighted by Crippen LogP contribution is 2.16. The van der Waals surface area contributed by atoms with E-state index >= 15 is 0 Å². The zero-order valence-corrected chi connectivity index (χ0v) is 8.20. The number of carbonyl (C=O) groups excluding carboxylic acids is 1. The first-order chi connectivity index (χ1) is 5.69. The number of rotatable bonds is 2. The first-order valence-corrected chi connectivity index (χ1v) is 4.93. The molecule has 0 spiro atoms. The molecule has 1 aliphatic rings. The lowest BCUT2D eigenvalue weighted by Gasteiger charge is -2.13. The number of hydrogen-bond acceptors (Lipinski definition) is 3. The molecule has 0 aromatic heterocycles. The largest absolute Gasteiger partial charge is 0.396 e. The van der Waals surface area contributed by atoms with Gasteiger partial charge in [-0.15, -0.1) is 0 Å². The van der Waals surface area contributed by atoms with Crippen LogP contribution in [0.2, 0.25) is 0 Å². The topological polar surface area (TPSA) is 60.8 Å². The Labute approximate surface area is 79.3 Å². The summed E-state index contributed by atoms with van der Waals surface area (Å²) in [5.74, 6) is -0.210. The third-order valence-electron chi connectivity index (χ3n) is 2.11. The van der Waals surface area contributed by atoms with Gasteiger partial charge in [0.1, 0.15) is 0 Å². The number of halogens is 1. The van der Waals surface area contributed by atoms with Crippen LogP contribution in [0.1, 0.15) is 0 Å². The monoisotopic (exact) mass is 237 g/mol. The third kappa shape index (κ3) is 1.97. The first kappa shape index (κ1) is 9.95. The Balaban J connectivity index is 2.48. The highest BCUT2D eigenvalue weighted by Gasteiger charge is 2.32. The minimum absolute atomic E-state index is 0.0370. The number of carbonyl (C=O) groups is 1. The van der Waals surface area contributed by atoms with Gasteiger partial charge in [-0.25, -0.2) is 0 Å². The van der Waals surface area contributed by atoms with E-state index in [4.69, 9.17) is 5.11 Å². The predicted octanol–water partition coefficient (Wildman–Crippen LogP) is -0.807. The number of aliphatic hydroxyl groups is 2. The van der Waals surface area contributed by atoms with Crippen LogP contribution in [0, 0.1) is 5.92 Å². The van der Waals surface area contributed by atoms with Gasteiger partial charge in [-0.2, -0.15) is 0 Å². The number of aliphatic hydroxyl groups excluding tert-OH is 2. The molecule has 2 N–H and O–H groups in total.